The molecule has 12 heteroatoms. The summed E-state index contributed by atoms with van der Waals surface area (Å²) in [5.74, 6) is 5.91. The number of ether oxygens (including phenoxy) is 8. The van der Waals surface area contributed by atoms with E-state index >= 15 is 0 Å². The van der Waals surface area contributed by atoms with Gasteiger partial charge < -0.3 is 37.9 Å². The third kappa shape index (κ3) is 33.9. The Labute approximate surface area is 668 Å². The summed E-state index contributed by atoms with van der Waals surface area (Å²) in [6, 6.07) is 29.6. The molecule has 2 aromatic heterocycles. The van der Waals surface area contributed by atoms with E-state index in [1.165, 1.54) is 205 Å². The molecule has 0 aliphatic heterocycles. The maximum atomic E-state index is 6.84. The predicted octanol–water partition coefficient (Wildman–Crippen LogP) is 30.2. The number of hydrogen-bond acceptors (Lipinski definition) is 12. The van der Waals surface area contributed by atoms with Crippen LogP contribution in [0.15, 0.2) is 84.9 Å². The molecule has 2 heterocycles. The minimum atomic E-state index is 0.597. The predicted molar refractivity (Wildman–Crippen MR) is 465 cm³/mol. The largest absolute Gasteiger partial charge is 0.490 e. The summed E-state index contributed by atoms with van der Waals surface area (Å²) in [6.45, 7) is 23.1. The first kappa shape index (κ1) is 90.4. The van der Waals surface area contributed by atoms with E-state index in [-0.39, 0.29) is 0 Å². The minimum absolute atomic E-state index is 0.597. The lowest BCUT2D eigenvalue weighted by atomic mass is 10.0. The quantitative estimate of drug-likeness (QED) is 0.0266. The van der Waals surface area contributed by atoms with Crippen LogP contribution in [0.1, 0.15) is 364 Å². The molecule has 0 N–H and O–H groups in total. The molecule has 5 aromatic carbocycles. The van der Waals surface area contributed by atoms with Crippen LogP contribution < -0.4 is 37.9 Å². The van der Waals surface area contributed by atoms with Gasteiger partial charge in [-0.25, -0.2) is 19.9 Å². The minimum Gasteiger partial charge on any atom is -0.490 e. The molecule has 0 unspecified atom stereocenters. The highest BCUT2D eigenvalue weighted by Crippen LogP contribution is 2.44. The van der Waals surface area contributed by atoms with Crippen LogP contribution in [0.5, 0.6) is 46.0 Å². The number of hydrogen-bond donors (Lipinski definition) is 0. The molecule has 7 aromatic rings. The van der Waals surface area contributed by atoms with Gasteiger partial charge in [-0.15, -0.1) is 0 Å². The Morgan fingerprint density at radius 1 is 0.164 bits per heavy atom. The summed E-state index contributed by atoms with van der Waals surface area (Å²) < 4.78 is 54.0. The molecule has 0 aliphatic rings. The summed E-state index contributed by atoms with van der Waals surface area (Å²) in [5.41, 5.74) is 9.14. The Morgan fingerprint density at radius 3 is 0.473 bits per heavy atom. The first-order valence-corrected chi connectivity index (χ1v) is 45.5. The summed E-state index contributed by atoms with van der Waals surface area (Å²) in [5, 5.41) is 0. The van der Waals surface area contributed by atoms with Crippen LogP contribution in [0.25, 0.3) is 67.1 Å². The Bertz CT molecular complexity index is 3100. The summed E-state index contributed by atoms with van der Waals surface area (Å²) in [4.78, 5) is 22.9. The first-order chi connectivity index (χ1) is 54.4. The van der Waals surface area contributed by atoms with Gasteiger partial charge in [0.05, 0.1) is 97.7 Å². The highest BCUT2D eigenvalue weighted by molar-refractivity contribution is 5.97. The zero-order valence-corrected chi connectivity index (χ0v) is 70.7. The smallest absolute Gasteiger partial charge is 0.161 e. The van der Waals surface area contributed by atoms with E-state index in [2.05, 4.69) is 140 Å². The van der Waals surface area contributed by atoms with Crippen molar-refractivity contribution < 1.29 is 37.9 Å². The van der Waals surface area contributed by atoms with Crippen molar-refractivity contribution in [3.05, 3.63) is 84.9 Å². The number of aromatic nitrogens is 4. The molecule has 0 saturated carbocycles. The van der Waals surface area contributed by atoms with Crippen LogP contribution in [0.3, 0.4) is 0 Å². The Morgan fingerprint density at radius 2 is 0.309 bits per heavy atom. The number of nitrogens with zero attached hydrogens (tertiary/aromatic N) is 4. The molecule has 0 aliphatic carbocycles. The molecule has 0 amide bonds. The van der Waals surface area contributed by atoms with Crippen molar-refractivity contribution in [2.75, 3.05) is 52.9 Å². The van der Waals surface area contributed by atoms with Crippen LogP contribution in [0, 0.1) is 0 Å². The molecular formula is C98H150N4O8. The third-order valence-corrected chi connectivity index (χ3v) is 21.4. The SMILES string of the molecule is CCCCCCCCOc1ccc(-c2nc3cc4nc(-c5ccc(OCCCCCCCC)c(OCCCCCCCC)c5)c(-c5ccc(OCCCCCCCC)c(OCCCCCCCC)c5)nc4cc3nc2-c2ccc(OCCCCCCCC)c(OCCCCCCCC)c2)cc1OCCCCCCCC. The summed E-state index contributed by atoms with van der Waals surface area (Å²) in [6.07, 6.45) is 56.6. The van der Waals surface area contributed by atoms with Crippen molar-refractivity contribution in [3.63, 3.8) is 0 Å². The Hall–Kier alpha value is -6.82. The average Bonchev–Trinajstić information content (AvgIpc) is 0.750. The van der Waals surface area contributed by atoms with Crippen molar-refractivity contribution in [1.82, 2.24) is 19.9 Å². The zero-order valence-electron chi connectivity index (χ0n) is 70.7. The molecule has 7 rings (SSSR count). The highest BCUT2D eigenvalue weighted by Gasteiger charge is 2.23. The number of benzene rings is 5. The second-order valence-electron chi connectivity index (χ2n) is 31.2. The van der Waals surface area contributed by atoms with E-state index in [0.717, 1.165) is 171 Å². The molecule has 0 spiro atoms. The fraction of sp³-hybridized carbons (Fsp3) is 0.653. The standard InChI is InChI=1S/C98H150N4O8/c1-9-17-25-33-41-49-65-103-87-61-57-79(73-91(87)107-69-53-45-37-29-21-13-5)95-96(80-58-62-88(104-66-50-42-34-26-18-10-2)92(74-80)108-70-54-46-38-30-22-14-6)100-84-78-86-85(77-83(84)99-95)101-97(81-59-63-89(105-67-51-43-35-27-19-11-3)93(75-81)109-71-55-47-39-31-23-15-7)98(102-86)82-60-64-90(106-68-52-44-36-28-20-12-4)94(76-82)110-72-56-48-40-32-24-16-8/h57-64,73-78H,9-56,65-72H2,1-8H3. The molecular weight excluding hydrogens is 1360 g/mol. The maximum Gasteiger partial charge on any atom is 0.161 e. The van der Waals surface area contributed by atoms with Gasteiger partial charge in [0.2, 0.25) is 0 Å². The van der Waals surface area contributed by atoms with E-state index in [4.69, 9.17) is 57.8 Å². The van der Waals surface area contributed by atoms with Crippen LogP contribution in [-0.4, -0.2) is 72.8 Å². The van der Waals surface area contributed by atoms with Gasteiger partial charge in [0.25, 0.3) is 0 Å². The molecule has 0 fully saturated rings. The molecule has 0 bridgehead atoms. The van der Waals surface area contributed by atoms with Crippen LogP contribution in [0.4, 0.5) is 0 Å². The highest BCUT2D eigenvalue weighted by atomic mass is 16.5. The Kier molecular flexibility index (Phi) is 47.0. The second-order valence-corrected chi connectivity index (χ2v) is 31.2. The van der Waals surface area contributed by atoms with Crippen molar-refractivity contribution in [3.8, 4) is 91.0 Å². The molecule has 610 valence electrons. The van der Waals surface area contributed by atoms with Crippen molar-refractivity contribution in [2.45, 2.75) is 364 Å². The van der Waals surface area contributed by atoms with E-state index in [1.807, 2.05) is 0 Å². The number of unbranched alkanes of at least 4 members (excludes halogenated alkanes) is 40. The Balaban J connectivity index is 1.42. The van der Waals surface area contributed by atoms with Gasteiger partial charge in [0.1, 0.15) is 0 Å². The first-order valence-electron chi connectivity index (χ1n) is 45.5. The molecule has 0 saturated heterocycles. The zero-order chi connectivity index (χ0) is 77.5. The van der Waals surface area contributed by atoms with Gasteiger partial charge in [-0.2, -0.15) is 0 Å². The normalized spacial score (nSPS) is 11.5. The molecule has 110 heavy (non-hydrogen) atoms. The van der Waals surface area contributed by atoms with Crippen LogP contribution >= 0.6 is 0 Å². The topological polar surface area (TPSA) is 125 Å². The van der Waals surface area contributed by atoms with Crippen molar-refractivity contribution in [2.24, 2.45) is 0 Å². The van der Waals surface area contributed by atoms with Gasteiger partial charge in [-0.1, -0.05) is 312 Å². The third-order valence-electron chi connectivity index (χ3n) is 21.4. The number of fused-ring (bicyclic) bond motifs is 2. The van der Waals surface area contributed by atoms with Crippen LogP contribution in [0.2, 0.25) is 0 Å². The van der Waals surface area contributed by atoms with E-state index in [1.54, 1.807) is 0 Å². The number of rotatable bonds is 68. The van der Waals surface area contributed by atoms with Gasteiger partial charge in [0, 0.05) is 22.3 Å². The molecule has 12 nitrogen and oxygen atoms in total. The van der Waals surface area contributed by atoms with Crippen molar-refractivity contribution in [1.29, 1.82) is 0 Å². The fourth-order valence-corrected chi connectivity index (χ4v) is 14.5. The lowest BCUT2D eigenvalue weighted by Gasteiger charge is -2.18. The lowest BCUT2D eigenvalue weighted by molar-refractivity contribution is 0.258. The monoisotopic (exact) mass is 1510 g/mol. The summed E-state index contributed by atoms with van der Waals surface area (Å²) in [7, 11) is 0. The van der Waals surface area contributed by atoms with Crippen LogP contribution in [-0.2, 0) is 0 Å². The van der Waals surface area contributed by atoms with E-state index < -0.39 is 0 Å². The van der Waals surface area contributed by atoms with Gasteiger partial charge in [0.15, 0.2) is 46.0 Å². The summed E-state index contributed by atoms with van der Waals surface area (Å²) >= 11 is 0. The molecule has 0 atom stereocenters. The molecule has 0 radical (unpaired) electrons. The van der Waals surface area contributed by atoms with Crippen molar-refractivity contribution >= 4 is 22.1 Å². The van der Waals surface area contributed by atoms with E-state index in [9.17, 15) is 0 Å². The lowest BCUT2D eigenvalue weighted by Crippen LogP contribution is -2.05. The van der Waals surface area contributed by atoms with E-state index in [0.29, 0.717) is 97.7 Å². The van der Waals surface area contributed by atoms with Gasteiger partial charge in [-0.05, 0) is 136 Å². The fourth-order valence-electron chi connectivity index (χ4n) is 14.5. The average molecular weight is 1510 g/mol. The second kappa shape index (κ2) is 57.2. The maximum absolute atomic E-state index is 6.84. The van der Waals surface area contributed by atoms with Gasteiger partial charge >= 0.3 is 0 Å². The van der Waals surface area contributed by atoms with Gasteiger partial charge in [-0.3, -0.25) is 0 Å².